The van der Waals surface area contributed by atoms with Gasteiger partial charge in [0.1, 0.15) is 6.07 Å². The molecule has 0 heterocycles. The van der Waals surface area contributed by atoms with Gasteiger partial charge < -0.3 is 5.32 Å². The van der Waals surface area contributed by atoms with E-state index in [1.165, 1.54) is 5.54 Å². The number of nitrogens with zero attached hydrogens (tertiary/aromatic N) is 1. The van der Waals surface area contributed by atoms with Crippen molar-refractivity contribution < 1.29 is 0 Å². The van der Waals surface area contributed by atoms with Crippen LogP contribution in [0.5, 0.6) is 0 Å². The Morgan fingerprint density at radius 1 is 1.67 bits per heavy atom. The first-order chi connectivity index (χ1) is 7.17. The van der Waals surface area contributed by atoms with Crippen LogP contribution in [0.4, 0.5) is 5.69 Å². The second kappa shape index (κ2) is 5.79. The molecule has 0 aliphatic heterocycles. The van der Waals surface area contributed by atoms with Gasteiger partial charge in [0.05, 0.1) is 11.3 Å². The molecule has 1 aromatic carbocycles. The van der Waals surface area contributed by atoms with E-state index in [1.54, 1.807) is 6.07 Å². The van der Waals surface area contributed by atoms with Gasteiger partial charge in [-0.1, -0.05) is 27.5 Å². The molecule has 1 N–H and O–H groups in total. The predicted octanol–water partition coefficient (Wildman–Crippen LogP) is 3.88. The fourth-order valence-corrected chi connectivity index (χ4v) is 1.47. The molecule has 78 valence electrons. The van der Waals surface area contributed by atoms with Crippen LogP contribution in [0, 0.1) is 11.3 Å². The smallest absolute Gasteiger partial charge is 0.101 e. The van der Waals surface area contributed by atoms with Crippen molar-refractivity contribution in [1.29, 1.82) is 5.26 Å². The van der Waals surface area contributed by atoms with Gasteiger partial charge in [-0.15, -0.1) is 0 Å². The fraction of sp³-hybridized carbons (Fsp3) is 0.182. The van der Waals surface area contributed by atoms with Crippen molar-refractivity contribution in [2.24, 2.45) is 0 Å². The molecular weight excluding hydrogens is 275 g/mol. The van der Waals surface area contributed by atoms with E-state index < -0.39 is 0 Å². The standard InChI is InChI=1S/C11H10BrClN2/c1-8(5-13)7-15-11-3-2-10(12)4-9(11)6-14/h2-5,15H,7H2,1H3/b8-5-. The molecule has 1 rings (SSSR count). The van der Waals surface area contributed by atoms with Crippen LogP contribution in [-0.4, -0.2) is 6.54 Å². The summed E-state index contributed by atoms with van der Waals surface area (Å²) in [6, 6.07) is 7.67. The first-order valence-corrected chi connectivity index (χ1v) is 5.59. The van der Waals surface area contributed by atoms with Gasteiger partial charge in [0.15, 0.2) is 0 Å². The predicted molar refractivity (Wildman–Crippen MR) is 67.0 cm³/mol. The van der Waals surface area contributed by atoms with Crippen LogP contribution >= 0.6 is 27.5 Å². The quantitative estimate of drug-likeness (QED) is 0.915. The Morgan fingerprint density at radius 2 is 2.40 bits per heavy atom. The Bertz CT molecular complexity index is 421. The van der Waals surface area contributed by atoms with Gasteiger partial charge in [0, 0.05) is 16.6 Å². The second-order valence-corrected chi connectivity index (χ2v) is 4.24. The normalized spacial score (nSPS) is 10.9. The molecule has 0 fully saturated rings. The molecule has 0 aliphatic rings. The van der Waals surface area contributed by atoms with E-state index in [9.17, 15) is 0 Å². The van der Waals surface area contributed by atoms with Gasteiger partial charge in [-0.3, -0.25) is 0 Å². The van der Waals surface area contributed by atoms with E-state index in [4.69, 9.17) is 16.9 Å². The maximum Gasteiger partial charge on any atom is 0.101 e. The molecule has 0 spiro atoms. The van der Waals surface area contributed by atoms with E-state index in [0.29, 0.717) is 12.1 Å². The van der Waals surface area contributed by atoms with Crippen molar-refractivity contribution in [3.05, 3.63) is 39.3 Å². The molecule has 0 atom stereocenters. The zero-order valence-corrected chi connectivity index (χ0v) is 10.6. The number of benzene rings is 1. The summed E-state index contributed by atoms with van der Waals surface area (Å²) < 4.78 is 0.897. The van der Waals surface area contributed by atoms with Crippen molar-refractivity contribution in [3.63, 3.8) is 0 Å². The minimum absolute atomic E-state index is 0.617. The third-order valence-corrected chi connectivity index (χ3v) is 2.71. The average molecular weight is 286 g/mol. The minimum Gasteiger partial charge on any atom is -0.380 e. The summed E-state index contributed by atoms with van der Waals surface area (Å²) in [6.45, 7) is 2.56. The Morgan fingerprint density at radius 3 is 3.00 bits per heavy atom. The number of hydrogen-bond acceptors (Lipinski definition) is 2. The molecule has 0 aliphatic carbocycles. The molecule has 0 amide bonds. The van der Waals surface area contributed by atoms with Crippen LogP contribution in [-0.2, 0) is 0 Å². The molecule has 0 bridgehead atoms. The lowest BCUT2D eigenvalue weighted by Gasteiger charge is -2.08. The van der Waals surface area contributed by atoms with Gasteiger partial charge in [0.25, 0.3) is 0 Å². The van der Waals surface area contributed by atoms with Gasteiger partial charge in [-0.25, -0.2) is 0 Å². The SMILES string of the molecule is C/C(=C/Cl)CNc1ccc(Br)cc1C#N. The van der Waals surface area contributed by atoms with E-state index in [-0.39, 0.29) is 0 Å². The lowest BCUT2D eigenvalue weighted by molar-refractivity contribution is 1.21. The summed E-state index contributed by atoms with van der Waals surface area (Å²) in [4.78, 5) is 0. The van der Waals surface area contributed by atoms with Gasteiger partial charge >= 0.3 is 0 Å². The lowest BCUT2D eigenvalue weighted by atomic mass is 10.2. The summed E-state index contributed by atoms with van der Waals surface area (Å²) in [7, 11) is 0. The maximum atomic E-state index is 8.91. The van der Waals surface area contributed by atoms with Crippen molar-refractivity contribution in [3.8, 4) is 6.07 Å². The fourth-order valence-electron chi connectivity index (χ4n) is 1.04. The van der Waals surface area contributed by atoms with Crippen molar-refractivity contribution in [2.75, 3.05) is 11.9 Å². The molecule has 2 nitrogen and oxygen atoms in total. The van der Waals surface area contributed by atoms with Crippen LogP contribution < -0.4 is 5.32 Å². The monoisotopic (exact) mass is 284 g/mol. The van der Waals surface area contributed by atoms with Crippen molar-refractivity contribution in [1.82, 2.24) is 0 Å². The molecule has 0 saturated carbocycles. The number of anilines is 1. The number of nitriles is 1. The summed E-state index contributed by atoms with van der Waals surface area (Å²) in [5.74, 6) is 0. The number of rotatable bonds is 3. The van der Waals surface area contributed by atoms with Crippen LogP contribution in [0.3, 0.4) is 0 Å². The van der Waals surface area contributed by atoms with Crippen molar-refractivity contribution >= 4 is 33.2 Å². The Hall–Kier alpha value is -0.980. The van der Waals surface area contributed by atoms with Crippen LogP contribution in [0.1, 0.15) is 12.5 Å². The average Bonchev–Trinajstić information content (AvgIpc) is 2.26. The highest BCUT2D eigenvalue weighted by atomic mass is 79.9. The third kappa shape index (κ3) is 3.58. The van der Waals surface area contributed by atoms with E-state index in [1.807, 2.05) is 19.1 Å². The van der Waals surface area contributed by atoms with E-state index >= 15 is 0 Å². The third-order valence-electron chi connectivity index (χ3n) is 1.85. The summed E-state index contributed by atoms with van der Waals surface area (Å²) in [5.41, 5.74) is 3.98. The second-order valence-electron chi connectivity index (χ2n) is 3.11. The molecule has 0 saturated heterocycles. The largest absolute Gasteiger partial charge is 0.380 e. The molecule has 1 aromatic rings. The highest BCUT2D eigenvalue weighted by molar-refractivity contribution is 9.10. The van der Waals surface area contributed by atoms with E-state index in [0.717, 1.165) is 15.7 Å². The van der Waals surface area contributed by atoms with Gasteiger partial charge in [-0.2, -0.15) is 5.26 Å². The number of nitrogens with one attached hydrogen (secondary N) is 1. The van der Waals surface area contributed by atoms with Crippen LogP contribution in [0.15, 0.2) is 33.8 Å². The summed E-state index contributed by atoms with van der Waals surface area (Å²) in [5, 5.41) is 12.1. The first-order valence-electron chi connectivity index (χ1n) is 4.36. The zero-order valence-electron chi connectivity index (χ0n) is 8.22. The van der Waals surface area contributed by atoms with Crippen LogP contribution in [0.25, 0.3) is 0 Å². The van der Waals surface area contributed by atoms with Gasteiger partial charge in [-0.05, 0) is 30.7 Å². The molecule has 15 heavy (non-hydrogen) atoms. The first kappa shape index (κ1) is 12.1. The molecule has 0 radical (unpaired) electrons. The molecule has 4 heteroatoms. The molecule has 0 unspecified atom stereocenters. The summed E-state index contributed by atoms with van der Waals surface area (Å²) >= 11 is 8.86. The maximum absolute atomic E-state index is 8.91. The Labute approximate surface area is 103 Å². The lowest BCUT2D eigenvalue weighted by Crippen LogP contribution is -2.03. The highest BCUT2D eigenvalue weighted by Gasteiger charge is 2.01. The number of halogens is 2. The molecular formula is C11H10BrClN2. The Kier molecular flexibility index (Phi) is 4.67. The zero-order chi connectivity index (χ0) is 11.3. The van der Waals surface area contributed by atoms with Gasteiger partial charge in [0.2, 0.25) is 0 Å². The van der Waals surface area contributed by atoms with E-state index in [2.05, 4.69) is 27.3 Å². The minimum atomic E-state index is 0.617. The Balaban J connectivity index is 2.82. The topological polar surface area (TPSA) is 35.8 Å². The highest BCUT2D eigenvalue weighted by Crippen LogP contribution is 2.20. The van der Waals surface area contributed by atoms with Crippen LogP contribution in [0.2, 0.25) is 0 Å². The molecule has 0 aromatic heterocycles. The van der Waals surface area contributed by atoms with Crippen molar-refractivity contribution in [2.45, 2.75) is 6.92 Å². The summed E-state index contributed by atoms with van der Waals surface area (Å²) in [6.07, 6.45) is 0. The number of hydrogen-bond donors (Lipinski definition) is 1.